The molecule has 9 heteroatoms. The van der Waals surface area contributed by atoms with Gasteiger partial charge in [0.15, 0.2) is 0 Å². The molecule has 0 atom stereocenters. The van der Waals surface area contributed by atoms with Crippen LogP contribution in [-0.2, 0) is 15.4 Å². The highest BCUT2D eigenvalue weighted by molar-refractivity contribution is 7.89. The highest BCUT2D eigenvalue weighted by atomic mass is 32.2. The fraction of sp³-hybridized carbons (Fsp3) is 0.417. The molecule has 0 unspecified atom stereocenters. The molecule has 0 spiro atoms. The van der Waals surface area contributed by atoms with E-state index in [-0.39, 0.29) is 11.4 Å². The van der Waals surface area contributed by atoms with E-state index in [0.717, 1.165) is 54.1 Å². The smallest absolute Gasteiger partial charge is 0.240 e. The van der Waals surface area contributed by atoms with Crippen LogP contribution in [0.2, 0.25) is 0 Å². The van der Waals surface area contributed by atoms with E-state index in [0.29, 0.717) is 5.75 Å². The number of rotatable bonds is 8. The van der Waals surface area contributed by atoms with Crippen LogP contribution < -0.4 is 24.4 Å². The van der Waals surface area contributed by atoms with Crippen molar-refractivity contribution in [3.8, 4) is 11.5 Å². The van der Waals surface area contributed by atoms with Crippen LogP contribution in [-0.4, -0.2) is 60.3 Å². The number of fused-ring (bicyclic) bond motifs is 1. The van der Waals surface area contributed by atoms with Gasteiger partial charge in [-0.2, -0.15) is 0 Å². The predicted molar refractivity (Wildman–Crippen MR) is 131 cm³/mol. The van der Waals surface area contributed by atoms with Crippen molar-refractivity contribution in [2.75, 3.05) is 51.8 Å². The summed E-state index contributed by atoms with van der Waals surface area (Å²) in [6, 6.07) is 10.9. The third-order valence-corrected chi connectivity index (χ3v) is 7.64. The zero-order valence-electron chi connectivity index (χ0n) is 19.6. The maximum absolute atomic E-state index is 13.2. The van der Waals surface area contributed by atoms with Gasteiger partial charge in [-0.25, -0.2) is 13.1 Å². The molecule has 0 radical (unpaired) electrons. The predicted octanol–water partition coefficient (Wildman–Crippen LogP) is 2.85. The van der Waals surface area contributed by atoms with Crippen LogP contribution in [0.5, 0.6) is 11.5 Å². The molecule has 1 aromatic heterocycles. The van der Waals surface area contributed by atoms with Gasteiger partial charge in [-0.1, -0.05) is 13.8 Å². The lowest BCUT2D eigenvalue weighted by atomic mass is 9.84. The first-order chi connectivity index (χ1) is 15.7. The number of H-pyrrole nitrogens is 1. The number of ether oxygens (including phenoxy) is 2. The van der Waals surface area contributed by atoms with Gasteiger partial charge in [0.05, 0.1) is 24.8 Å². The fourth-order valence-electron chi connectivity index (χ4n) is 4.23. The van der Waals surface area contributed by atoms with Gasteiger partial charge in [-0.3, -0.25) is 0 Å². The quantitative estimate of drug-likeness (QED) is 0.467. The molecule has 2 aromatic carbocycles. The van der Waals surface area contributed by atoms with Crippen LogP contribution in [0.15, 0.2) is 47.5 Å². The van der Waals surface area contributed by atoms with E-state index in [1.807, 2.05) is 38.2 Å². The molecule has 0 saturated carbocycles. The summed E-state index contributed by atoms with van der Waals surface area (Å²) in [7, 11) is -0.481. The number of anilines is 1. The molecule has 1 saturated heterocycles. The van der Waals surface area contributed by atoms with Crippen LogP contribution in [0.25, 0.3) is 10.9 Å². The second kappa shape index (κ2) is 9.24. The van der Waals surface area contributed by atoms with Crippen molar-refractivity contribution in [2.45, 2.75) is 24.2 Å². The Morgan fingerprint density at radius 1 is 1.06 bits per heavy atom. The van der Waals surface area contributed by atoms with Gasteiger partial charge in [0.25, 0.3) is 0 Å². The molecule has 1 aliphatic rings. The summed E-state index contributed by atoms with van der Waals surface area (Å²) < 4.78 is 40.2. The SMILES string of the molecule is COc1ccc2[nH]cc(C(C)(C)CNS(=O)(=O)c3ccc(OC)c(N4CCNCC4)c3)c2c1. The summed E-state index contributed by atoms with van der Waals surface area (Å²) in [6.45, 7) is 7.59. The molecular formula is C24H32N4O4S. The lowest BCUT2D eigenvalue weighted by Crippen LogP contribution is -2.43. The lowest BCUT2D eigenvalue weighted by Gasteiger charge is -2.31. The number of nitrogens with one attached hydrogen (secondary N) is 3. The Balaban J connectivity index is 1.58. The maximum atomic E-state index is 13.2. The Hall–Kier alpha value is -2.75. The number of hydrogen-bond acceptors (Lipinski definition) is 6. The topological polar surface area (TPSA) is 95.7 Å². The number of benzene rings is 2. The third kappa shape index (κ3) is 4.80. The number of nitrogens with zero attached hydrogens (tertiary/aromatic N) is 1. The molecule has 33 heavy (non-hydrogen) atoms. The average molecular weight is 473 g/mol. The molecule has 3 N–H and O–H groups in total. The van der Waals surface area contributed by atoms with Crippen LogP contribution >= 0.6 is 0 Å². The Kier molecular flexibility index (Phi) is 6.56. The summed E-state index contributed by atoms with van der Waals surface area (Å²) >= 11 is 0. The second-order valence-corrected chi connectivity index (χ2v) is 10.7. The minimum Gasteiger partial charge on any atom is -0.497 e. The highest BCUT2D eigenvalue weighted by Gasteiger charge is 2.28. The number of piperazine rings is 1. The van der Waals surface area contributed by atoms with Gasteiger partial charge in [0, 0.05) is 55.2 Å². The van der Waals surface area contributed by atoms with Crippen molar-refractivity contribution in [1.82, 2.24) is 15.0 Å². The summed E-state index contributed by atoms with van der Waals surface area (Å²) in [5, 5.41) is 4.33. The molecule has 8 nitrogen and oxygen atoms in total. The first kappa shape index (κ1) is 23.4. The van der Waals surface area contributed by atoms with E-state index in [2.05, 4.69) is 19.9 Å². The first-order valence-corrected chi connectivity index (χ1v) is 12.5. The van der Waals surface area contributed by atoms with Crippen LogP contribution in [0.4, 0.5) is 5.69 Å². The maximum Gasteiger partial charge on any atom is 0.240 e. The van der Waals surface area contributed by atoms with Gasteiger partial charge >= 0.3 is 0 Å². The van der Waals surface area contributed by atoms with E-state index in [4.69, 9.17) is 9.47 Å². The van der Waals surface area contributed by atoms with Crippen molar-refractivity contribution in [1.29, 1.82) is 0 Å². The van der Waals surface area contributed by atoms with Crippen LogP contribution in [0.1, 0.15) is 19.4 Å². The standard InChI is InChI=1S/C24H32N4O4S/c1-24(2,20-15-26-21-7-5-17(31-3)13-19(20)21)16-27-33(29,30)18-6-8-23(32-4)22(14-18)28-11-9-25-10-12-28/h5-8,13-15,25-27H,9-12,16H2,1-4H3. The molecule has 3 aromatic rings. The molecule has 1 aliphatic heterocycles. The zero-order valence-corrected chi connectivity index (χ0v) is 20.4. The van der Waals surface area contributed by atoms with Crippen molar-refractivity contribution in [2.24, 2.45) is 0 Å². The fourth-order valence-corrected chi connectivity index (χ4v) is 5.46. The van der Waals surface area contributed by atoms with Crippen molar-refractivity contribution in [3.63, 3.8) is 0 Å². The molecule has 178 valence electrons. The van der Waals surface area contributed by atoms with Gasteiger partial charge in [-0.15, -0.1) is 0 Å². The van der Waals surface area contributed by atoms with E-state index in [1.165, 1.54) is 0 Å². The normalized spacial score (nSPS) is 15.1. The summed E-state index contributed by atoms with van der Waals surface area (Å²) in [5.41, 5.74) is 2.35. The second-order valence-electron chi connectivity index (χ2n) is 8.89. The Morgan fingerprint density at radius 3 is 2.52 bits per heavy atom. The number of sulfonamides is 1. The molecule has 4 rings (SSSR count). The third-order valence-electron chi connectivity index (χ3n) is 6.24. The van der Waals surface area contributed by atoms with Crippen molar-refractivity contribution >= 4 is 26.6 Å². The summed E-state index contributed by atoms with van der Waals surface area (Å²) in [5.74, 6) is 1.43. The Morgan fingerprint density at radius 2 is 1.82 bits per heavy atom. The van der Waals surface area contributed by atoms with Gasteiger partial charge in [0.1, 0.15) is 11.5 Å². The monoisotopic (exact) mass is 472 g/mol. The minimum atomic E-state index is -3.72. The zero-order chi connectivity index (χ0) is 23.6. The highest BCUT2D eigenvalue weighted by Crippen LogP contribution is 2.34. The molecule has 0 aliphatic carbocycles. The Bertz CT molecular complexity index is 1230. The largest absolute Gasteiger partial charge is 0.497 e. The minimum absolute atomic E-state index is 0.230. The van der Waals surface area contributed by atoms with Crippen LogP contribution in [0.3, 0.4) is 0 Å². The van der Waals surface area contributed by atoms with E-state index >= 15 is 0 Å². The first-order valence-electron chi connectivity index (χ1n) is 11.0. The molecular weight excluding hydrogens is 440 g/mol. The summed E-state index contributed by atoms with van der Waals surface area (Å²) in [4.78, 5) is 5.65. The van der Waals surface area contributed by atoms with Crippen molar-refractivity contribution < 1.29 is 17.9 Å². The molecule has 1 fully saturated rings. The molecule has 0 amide bonds. The summed E-state index contributed by atoms with van der Waals surface area (Å²) in [6.07, 6.45) is 1.94. The van der Waals surface area contributed by atoms with Gasteiger partial charge in [0.2, 0.25) is 10.0 Å². The van der Waals surface area contributed by atoms with Crippen molar-refractivity contribution in [3.05, 3.63) is 48.2 Å². The van der Waals surface area contributed by atoms with E-state index in [1.54, 1.807) is 32.4 Å². The van der Waals surface area contributed by atoms with Crippen LogP contribution in [0, 0.1) is 0 Å². The van der Waals surface area contributed by atoms with E-state index in [9.17, 15) is 8.42 Å². The molecule has 2 heterocycles. The van der Waals surface area contributed by atoms with Gasteiger partial charge < -0.3 is 24.7 Å². The number of methoxy groups -OCH3 is 2. The Labute approximate surface area is 195 Å². The van der Waals surface area contributed by atoms with Gasteiger partial charge in [-0.05, 0) is 42.0 Å². The lowest BCUT2D eigenvalue weighted by molar-refractivity contribution is 0.412. The number of aromatic amines is 1. The number of hydrogen-bond donors (Lipinski definition) is 3. The van der Waals surface area contributed by atoms with E-state index < -0.39 is 15.4 Å². The average Bonchev–Trinajstić information content (AvgIpc) is 3.27. The molecule has 0 bridgehead atoms. The number of aromatic nitrogens is 1.